The molecule has 0 radical (unpaired) electrons. The third-order valence-electron chi connectivity index (χ3n) is 6.53. The zero-order valence-electron chi connectivity index (χ0n) is 21.4. The third kappa shape index (κ3) is 7.36. The highest BCUT2D eigenvalue weighted by Gasteiger charge is 2.36. The Bertz CT molecular complexity index is 1390. The van der Waals surface area contributed by atoms with Crippen molar-refractivity contribution in [3.8, 4) is 17.2 Å². The number of benzene rings is 2. The van der Waals surface area contributed by atoms with Crippen LogP contribution in [0.1, 0.15) is 35.2 Å². The van der Waals surface area contributed by atoms with E-state index >= 15 is 0 Å². The van der Waals surface area contributed by atoms with Gasteiger partial charge in [-0.05, 0) is 65.8 Å². The number of hydrogen-bond acceptors (Lipinski definition) is 6. The van der Waals surface area contributed by atoms with Gasteiger partial charge in [0.15, 0.2) is 0 Å². The molecule has 2 N–H and O–H groups in total. The van der Waals surface area contributed by atoms with Crippen LogP contribution in [-0.4, -0.2) is 47.7 Å². The molecule has 40 heavy (non-hydrogen) atoms. The molecule has 8 nitrogen and oxygen atoms in total. The number of nitriles is 1. The zero-order valence-corrected chi connectivity index (χ0v) is 21.4. The lowest BCUT2D eigenvalue weighted by Gasteiger charge is -2.26. The van der Waals surface area contributed by atoms with Crippen LogP contribution in [0, 0.1) is 11.3 Å². The number of carbonyl (C=O) groups excluding carboxylic acids is 1. The molecule has 1 aliphatic rings. The smallest absolute Gasteiger partial charge is 0.433 e. The van der Waals surface area contributed by atoms with Gasteiger partial charge in [-0.25, -0.2) is 9.78 Å². The van der Waals surface area contributed by atoms with E-state index in [1.165, 1.54) is 0 Å². The lowest BCUT2D eigenvalue weighted by atomic mass is 10.0. The van der Waals surface area contributed by atoms with Crippen molar-refractivity contribution in [1.82, 2.24) is 10.3 Å². The summed E-state index contributed by atoms with van der Waals surface area (Å²) in [4.78, 5) is 29.1. The van der Waals surface area contributed by atoms with Crippen LogP contribution in [0.3, 0.4) is 0 Å². The van der Waals surface area contributed by atoms with Gasteiger partial charge in [0, 0.05) is 13.1 Å². The maximum absolute atomic E-state index is 13.8. The van der Waals surface area contributed by atoms with E-state index in [0.717, 1.165) is 11.6 Å². The normalized spacial score (nSPS) is 15.1. The third-order valence-corrected chi connectivity index (χ3v) is 6.53. The molecule has 1 atom stereocenters. The Labute approximate surface area is 229 Å². The molecular formula is C29H27F3N4O4. The predicted octanol–water partition coefficient (Wildman–Crippen LogP) is 4.57. The summed E-state index contributed by atoms with van der Waals surface area (Å²) in [5, 5.41) is 20.5. The lowest BCUT2D eigenvalue weighted by molar-refractivity contribution is -0.143. The van der Waals surface area contributed by atoms with Gasteiger partial charge in [-0.2, -0.15) is 18.4 Å². The van der Waals surface area contributed by atoms with Crippen molar-refractivity contribution in [2.45, 2.75) is 38.1 Å². The van der Waals surface area contributed by atoms with E-state index in [4.69, 9.17) is 15.1 Å². The van der Waals surface area contributed by atoms with Crippen molar-refractivity contribution in [3.63, 3.8) is 0 Å². The van der Waals surface area contributed by atoms with Gasteiger partial charge in [0.2, 0.25) is 5.91 Å². The molecule has 1 aliphatic heterocycles. The quantitative estimate of drug-likeness (QED) is 0.379. The molecule has 0 bridgehead atoms. The van der Waals surface area contributed by atoms with Gasteiger partial charge < -0.3 is 20.1 Å². The first kappa shape index (κ1) is 28.6. The van der Waals surface area contributed by atoms with E-state index in [9.17, 15) is 22.8 Å². The Hall–Kier alpha value is -4.43. The summed E-state index contributed by atoms with van der Waals surface area (Å²) in [5.74, 6) is -1.30. The van der Waals surface area contributed by atoms with E-state index in [1.54, 1.807) is 47.4 Å². The number of alkyl halides is 3. The van der Waals surface area contributed by atoms with Crippen molar-refractivity contribution in [2.24, 2.45) is 0 Å². The number of hydrogen-bond donors (Lipinski definition) is 2. The van der Waals surface area contributed by atoms with Gasteiger partial charge in [-0.3, -0.25) is 4.79 Å². The van der Waals surface area contributed by atoms with Crippen LogP contribution in [0.15, 0.2) is 60.7 Å². The first-order chi connectivity index (χ1) is 19.1. The van der Waals surface area contributed by atoms with Gasteiger partial charge in [0.1, 0.15) is 24.2 Å². The Kier molecular flexibility index (Phi) is 9.01. The Morgan fingerprint density at radius 3 is 2.42 bits per heavy atom. The van der Waals surface area contributed by atoms with Gasteiger partial charge in [-0.15, -0.1) is 0 Å². The number of nitrogens with one attached hydrogen (secondary N) is 1. The Morgan fingerprint density at radius 1 is 1.07 bits per heavy atom. The second-order valence-corrected chi connectivity index (χ2v) is 9.38. The fraction of sp³-hybridized carbons (Fsp3) is 0.310. The molecule has 4 rings (SSSR count). The van der Waals surface area contributed by atoms with Crippen LogP contribution < -0.4 is 10.2 Å². The zero-order chi connectivity index (χ0) is 28.7. The molecule has 0 aliphatic carbocycles. The first-order valence-electron chi connectivity index (χ1n) is 12.7. The fourth-order valence-corrected chi connectivity index (χ4v) is 4.53. The molecule has 1 saturated heterocycles. The topological polar surface area (TPSA) is 116 Å². The standard InChI is InChI=1S/C29H27F3N4O4/c30-29(31,32)25-14-23(22-9-7-21(8-10-22)17-40-18-27(37)38)15-26(35-25)36-13-1-2-24(36)28(39)34-12-11-19-3-5-20(16-33)6-4-19/h3-10,14-15,24H,1-2,11-13,17-18H2,(H,34,39)(H,37,38)/t24-/m0/s1. The van der Waals surface area contributed by atoms with Crippen LogP contribution >= 0.6 is 0 Å². The largest absolute Gasteiger partial charge is 0.480 e. The maximum atomic E-state index is 13.8. The molecule has 1 aromatic heterocycles. The monoisotopic (exact) mass is 552 g/mol. The van der Waals surface area contributed by atoms with Crippen molar-refractivity contribution in [3.05, 3.63) is 83.0 Å². The van der Waals surface area contributed by atoms with Gasteiger partial charge >= 0.3 is 12.1 Å². The number of ether oxygens (including phenoxy) is 1. The highest BCUT2D eigenvalue weighted by atomic mass is 19.4. The highest BCUT2D eigenvalue weighted by molar-refractivity contribution is 5.86. The molecule has 1 fully saturated rings. The fourth-order valence-electron chi connectivity index (χ4n) is 4.53. The number of aromatic nitrogens is 1. The average molecular weight is 553 g/mol. The van der Waals surface area contributed by atoms with Crippen LogP contribution in [0.5, 0.6) is 0 Å². The van der Waals surface area contributed by atoms with Crippen LogP contribution in [0.2, 0.25) is 0 Å². The van der Waals surface area contributed by atoms with Gasteiger partial charge in [0.25, 0.3) is 0 Å². The van der Waals surface area contributed by atoms with E-state index in [-0.39, 0.29) is 18.3 Å². The number of carboxylic acid groups (broad SMARTS) is 1. The first-order valence-corrected chi connectivity index (χ1v) is 12.7. The molecule has 2 heterocycles. The van der Waals surface area contributed by atoms with Crippen LogP contribution in [0.25, 0.3) is 11.1 Å². The summed E-state index contributed by atoms with van der Waals surface area (Å²) in [6.07, 6.45) is -3.02. The van der Waals surface area contributed by atoms with E-state index in [2.05, 4.69) is 16.4 Å². The van der Waals surface area contributed by atoms with E-state index in [1.807, 2.05) is 12.1 Å². The van der Waals surface area contributed by atoms with Crippen molar-refractivity contribution < 1.29 is 32.6 Å². The Morgan fingerprint density at radius 2 is 1.77 bits per heavy atom. The second kappa shape index (κ2) is 12.6. The number of aliphatic carboxylic acids is 1. The number of rotatable bonds is 10. The number of amides is 1. The number of pyridine rings is 1. The summed E-state index contributed by atoms with van der Waals surface area (Å²) in [7, 11) is 0. The molecule has 3 aromatic rings. The minimum Gasteiger partial charge on any atom is -0.480 e. The van der Waals surface area contributed by atoms with Crippen LogP contribution in [0.4, 0.5) is 19.0 Å². The van der Waals surface area contributed by atoms with Crippen molar-refractivity contribution in [2.75, 3.05) is 24.6 Å². The number of carboxylic acids is 1. The number of halogens is 3. The van der Waals surface area contributed by atoms with Gasteiger partial charge in [-0.1, -0.05) is 36.4 Å². The lowest BCUT2D eigenvalue weighted by Crippen LogP contribution is -2.44. The minimum atomic E-state index is -4.69. The molecule has 0 spiro atoms. The van der Waals surface area contributed by atoms with Crippen molar-refractivity contribution >= 4 is 17.7 Å². The second-order valence-electron chi connectivity index (χ2n) is 9.38. The molecule has 208 valence electrons. The van der Waals surface area contributed by atoms with E-state index in [0.29, 0.717) is 54.6 Å². The summed E-state index contributed by atoms with van der Waals surface area (Å²) in [6.45, 7) is 0.336. The average Bonchev–Trinajstić information content (AvgIpc) is 3.43. The van der Waals surface area contributed by atoms with E-state index < -0.39 is 30.5 Å². The predicted molar refractivity (Wildman–Crippen MR) is 140 cm³/mol. The van der Waals surface area contributed by atoms with Gasteiger partial charge in [0.05, 0.1) is 18.2 Å². The highest BCUT2D eigenvalue weighted by Crippen LogP contribution is 2.35. The Balaban J connectivity index is 1.49. The summed E-state index contributed by atoms with van der Waals surface area (Å²) in [5.41, 5.74) is 1.92. The minimum absolute atomic E-state index is 0.0533. The molecular weight excluding hydrogens is 525 g/mol. The molecule has 2 aromatic carbocycles. The van der Waals surface area contributed by atoms with Crippen molar-refractivity contribution in [1.29, 1.82) is 5.26 Å². The molecule has 0 unspecified atom stereocenters. The molecule has 11 heteroatoms. The summed E-state index contributed by atoms with van der Waals surface area (Å²) < 4.78 is 46.5. The SMILES string of the molecule is N#Cc1ccc(CCNC(=O)[C@@H]2CCCN2c2cc(-c3ccc(COCC(=O)O)cc3)cc(C(F)(F)F)n2)cc1. The number of nitrogens with zero attached hydrogens (tertiary/aromatic N) is 3. The number of carbonyl (C=O) groups is 2. The molecule has 0 saturated carbocycles. The summed E-state index contributed by atoms with van der Waals surface area (Å²) >= 11 is 0. The summed E-state index contributed by atoms with van der Waals surface area (Å²) in [6, 6.07) is 17.5. The number of anilines is 1. The maximum Gasteiger partial charge on any atom is 0.433 e. The van der Waals surface area contributed by atoms with Crippen LogP contribution in [-0.2, 0) is 33.5 Å². The molecule has 1 amide bonds.